The van der Waals surface area contributed by atoms with Crippen LogP contribution in [0.3, 0.4) is 0 Å². The van der Waals surface area contributed by atoms with Crippen LogP contribution in [0.2, 0.25) is 5.02 Å². The Bertz CT molecular complexity index is 563. The Hall–Kier alpha value is -1.30. The van der Waals surface area contributed by atoms with Gasteiger partial charge in [0.05, 0.1) is 23.5 Å². The molecule has 0 aliphatic heterocycles. The summed E-state index contributed by atoms with van der Waals surface area (Å²) in [6.07, 6.45) is 1.45. The molecule has 2 aromatic rings. The van der Waals surface area contributed by atoms with Crippen LogP contribution in [0.15, 0.2) is 22.7 Å². The SMILES string of the molecule is CCc1ccc(C(O)c2c(Cl)cnn2CCN(C)C)o1. The molecule has 0 amide bonds. The average molecular weight is 298 g/mol. The molecule has 1 N–H and O–H groups in total. The molecular weight excluding hydrogens is 278 g/mol. The second-order valence-corrected chi connectivity index (χ2v) is 5.37. The summed E-state index contributed by atoms with van der Waals surface area (Å²) >= 11 is 6.15. The highest BCUT2D eigenvalue weighted by molar-refractivity contribution is 6.31. The molecule has 0 aromatic carbocycles. The molecule has 1 unspecified atom stereocenters. The highest BCUT2D eigenvalue weighted by Crippen LogP contribution is 2.29. The number of furan rings is 1. The highest BCUT2D eigenvalue weighted by atomic mass is 35.5. The van der Waals surface area contributed by atoms with Crippen molar-refractivity contribution in [1.29, 1.82) is 0 Å². The molecule has 20 heavy (non-hydrogen) atoms. The number of aryl methyl sites for hydroxylation is 1. The molecule has 5 nitrogen and oxygen atoms in total. The third-order valence-electron chi connectivity index (χ3n) is 3.15. The Morgan fingerprint density at radius 3 is 2.80 bits per heavy atom. The van der Waals surface area contributed by atoms with Crippen molar-refractivity contribution in [2.24, 2.45) is 0 Å². The smallest absolute Gasteiger partial charge is 0.155 e. The lowest BCUT2D eigenvalue weighted by Crippen LogP contribution is -2.21. The van der Waals surface area contributed by atoms with Crippen LogP contribution in [0.4, 0.5) is 0 Å². The molecule has 0 aliphatic carbocycles. The number of aromatic nitrogens is 2. The van der Waals surface area contributed by atoms with Crippen molar-refractivity contribution in [1.82, 2.24) is 14.7 Å². The standard InChI is InChI=1S/C14H20ClN3O2/c1-4-10-5-6-12(20-10)14(19)13-11(15)9-16-18(13)8-7-17(2)3/h5-6,9,14,19H,4,7-8H2,1-3H3. The van der Waals surface area contributed by atoms with Crippen molar-refractivity contribution in [3.63, 3.8) is 0 Å². The monoisotopic (exact) mass is 297 g/mol. The molecule has 2 heterocycles. The van der Waals surface area contributed by atoms with Gasteiger partial charge in [0, 0.05) is 13.0 Å². The molecule has 2 rings (SSSR count). The summed E-state index contributed by atoms with van der Waals surface area (Å²) in [7, 11) is 3.97. The first-order chi connectivity index (χ1) is 9.52. The first-order valence-electron chi connectivity index (χ1n) is 6.65. The number of hydrogen-bond acceptors (Lipinski definition) is 4. The van der Waals surface area contributed by atoms with Gasteiger partial charge in [-0.15, -0.1) is 0 Å². The lowest BCUT2D eigenvalue weighted by atomic mass is 10.2. The molecule has 0 fully saturated rings. The van der Waals surface area contributed by atoms with E-state index in [4.69, 9.17) is 16.0 Å². The zero-order chi connectivity index (χ0) is 14.7. The van der Waals surface area contributed by atoms with Gasteiger partial charge in [0.15, 0.2) is 6.10 Å². The number of rotatable bonds is 6. The number of halogens is 1. The summed E-state index contributed by atoms with van der Waals surface area (Å²) in [5.41, 5.74) is 0.575. The second-order valence-electron chi connectivity index (χ2n) is 4.96. The molecule has 0 saturated carbocycles. The Kier molecular flexibility index (Phi) is 4.86. The second kappa shape index (κ2) is 6.43. The van der Waals surface area contributed by atoms with Gasteiger partial charge in [0.2, 0.25) is 0 Å². The Morgan fingerprint density at radius 2 is 2.20 bits per heavy atom. The topological polar surface area (TPSA) is 54.4 Å². The van der Waals surface area contributed by atoms with E-state index in [0.29, 0.717) is 23.0 Å². The van der Waals surface area contributed by atoms with Gasteiger partial charge >= 0.3 is 0 Å². The van der Waals surface area contributed by atoms with E-state index in [-0.39, 0.29) is 0 Å². The fourth-order valence-electron chi connectivity index (χ4n) is 1.98. The Balaban J connectivity index is 2.24. The molecule has 0 bridgehead atoms. The van der Waals surface area contributed by atoms with Crippen LogP contribution in [-0.4, -0.2) is 40.4 Å². The first-order valence-corrected chi connectivity index (χ1v) is 7.03. The quantitative estimate of drug-likeness (QED) is 0.889. The van der Waals surface area contributed by atoms with Gasteiger partial charge in [0.25, 0.3) is 0 Å². The zero-order valence-electron chi connectivity index (χ0n) is 12.0. The minimum atomic E-state index is -0.896. The van der Waals surface area contributed by atoms with Gasteiger partial charge in [-0.2, -0.15) is 5.10 Å². The largest absolute Gasteiger partial charge is 0.463 e. The maximum absolute atomic E-state index is 10.5. The Morgan fingerprint density at radius 1 is 1.45 bits per heavy atom. The van der Waals surface area contributed by atoms with Crippen LogP contribution in [0.1, 0.15) is 30.2 Å². The Labute approximate surface area is 123 Å². The van der Waals surface area contributed by atoms with Gasteiger partial charge in [-0.25, -0.2) is 0 Å². The lowest BCUT2D eigenvalue weighted by molar-refractivity contribution is 0.175. The van der Waals surface area contributed by atoms with E-state index in [1.807, 2.05) is 32.0 Å². The number of aliphatic hydroxyl groups is 1. The van der Waals surface area contributed by atoms with Crippen LogP contribution in [0, 0.1) is 0 Å². The number of nitrogens with zero attached hydrogens (tertiary/aromatic N) is 3. The summed E-state index contributed by atoms with van der Waals surface area (Å²) < 4.78 is 7.32. The van der Waals surface area contributed by atoms with Crippen LogP contribution < -0.4 is 0 Å². The molecule has 2 aromatic heterocycles. The maximum atomic E-state index is 10.5. The van der Waals surface area contributed by atoms with Gasteiger partial charge in [-0.1, -0.05) is 18.5 Å². The highest BCUT2D eigenvalue weighted by Gasteiger charge is 2.22. The van der Waals surface area contributed by atoms with Crippen LogP contribution in [0.25, 0.3) is 0 Å². The molecule has 0 radical (unpaired) electrons. The summed E-state index contributed by atoms with van der Waals surface area (Å²) in [4.78, 5) is 2.05. The molecule has 0 spiro atoms. The summed E-state index contributed by atoms with van der Waals surface area (Å²) in [5.74, 6) is 1.34. The average Bonchev–Trinajstić information content (AvgIpc) is 3.02. The predicted molar refractivity (Wildman–Crippen MR) is 77.9 cm³/mol. The lowest BCUT2D eigenvalue weighted by Gasteiger charge is -2.14. The van der Waals surface area contributed by atoms with E-state index in [1.165, 1.54) is 0 Å². The summed E-state index contributed by atoms with van der Waals surface area (Å²) in [5, 5.41) is 15.1. The normalized spacial score (nSPS) is 13.1. The fraction of sp³-hybridized carbons (Fsp3) is 0.500. The van der Waals surface area contributed by atoms with Crippen molar-refractivity contribution < 1.29 is 9.52 Å². The fourth-order valence-corrected chi connectivity index (χ4v) is 2.23. The van der Waals surface area contributed by atoms with E-state index < -0.39 is 6.10 Å². The summed E-state index contributed by atoms with van der Waals surface area (Å²) in [6, 6.07) is 3.65. The van der Waals surface area contributed by atoms with Crippen molar-refractivity contribution in [3.05, 3.63) is 40.6 Å². The van der Waals surface area contributed by atoms with E-state index >= 15 is 0 Å². The minimum absolute atomic E-state index is 0.450. The van der Waals surface area contributed by atoms with E-state index in [0.717, 1.165) is 18.7 Å². The summed E-state index contributed by atoms with van der Waals surface area (Å²) in [6.45, 7) is 3.48. The molecule has 0 saturated heterocycles. The third kappa shape index (κ3) is 3.23. The van der Waals surface area contributed by atoms with E-state index in [1.54, 1.807) is 16.9 Å². The van der Waals surface area contributed by atoms with Gasteiger partial charge in [-0.05, 0) is 26.2 Å². The molecule has 0 aliphatic rings. The molecule has 6 heteroatoms. The predicted octanol–water partition coefficient (Wildman–Crippen LogP) is 2.34. The number of hydrogen-bond donors (Lipinski definition) is 1. The van der Waals surface area contributed by atoms with Crippen molar-refractivity contribution in [3.8, 4) is 0 Å². The maximum Gasteiger partial charge on any atom is 0.155 e. The van der Waals surface area contributed by atoms with E-state index in [9.17, 15) is 5.11 Å². The minimum Gasteiger partial charge on any atom is -0.463 e. The van der Waals surface area contributed by atoms with Gasteiger partial charge < -0.3 is 14.4 Å². The van der Waals surface area contributed by atoms with Crippen molar-refractivity contribution in [2.75, 3.05) is 20.6 Å². The molecule has 1 atom stereocenters. The van der Waals surface area contributed by atoms with Gasteiger partial charge in [-0.3, -0.25) is 4.68 Å². The van der Waals surface area contributed by atoms with Crippen molar-refractivity contribution in [2.45, 2.75) is 26.0 Å². The van der Waals surface area contributed by atoms with Crippen LogP contribution in [0.5, 0.6) is 0 Å². The number of aliphatic hydroxyl groups excluding tert-OH is 1. The zero-order valence-corrected chi connectivity index (χ0v) is 12.8. The number of likely N-dealkylation sites (N-methyl/N-ethyl adjacent to an activating group) is 1. The van der Waals surface area contributed by atoms with Gasteiger partial charge in [0.1, 0.15) is 11.5 Å². The third-order valence-corrected chi connectivity index (χ3v) is 3.44. The first kappa shape index (κ1) is 15.1. The van der Waals surface area contributed by atoms with Crippen LogP contribution in [-0.2, 0) is 13.0 Å². The van der Waals surface area contributed by atoms with E-state index in [2.05, 4.69) is 5.10 Å². The molecular formula is C14H20ClN3O2. The molecule has 110 valence electrons. The van der Waals surface area contributed by atoms with Crippen LogP contribution >= 0.6 is 11.6 Å². The van der Waals surface area contributed by atoms with Crippen molar-refractivity contribution >= 4 is 11.6 Å².